The zero-order valence-corrected chi connectivity index (χ0v) is 79.2. The summed E-state index contributed by atoms with van der Waals surface area (Å²) in [6.45, 7) is -1.91. The third-order valence-corrected chi connectivity index (χ3v) is 25.3. The number of anilines is 1. The van der Waals surface area contributed by atoms with Gasteiger partial charge in [-0.05, 0) is 156 Å². The van der Waals surface area contributed by atoms with Gasteiger partial charge in [-0.1, -0.05) is 6.07 Å². The van der Waals surface area contributed by atoms with Crippen molar-refractivity contribution in [3.8, 4) is 28.2 Å². The monoisotopic (exact) mass is 2050 g/mol. The number of aromatic hydroxyl groups is 1. The molecule has 0 saturated carbocycles. The van der Waals surface area contributed by atoms with E-state index in [4.69, 9.17) is 33.8 Å². The smallest absolute Gasteiger partial charge is 0.336 e. The predicted molar refractivity (Wildman–Crippen MR) is 512 cm³/mol. The van der Waals surface area contributed by atoms with Crippen LogP contribution in [0.5, 0.6) is 5.75 Å². The second-order valence-electron chi connectivity index (χ2n) is 34.1. The number of aromatic carboxylic acids is 1. The van der Waals surface area contributed by atoms with Crippen molar-refractivity contribution in [3.05, 3.63) is 117 Å². The molecule has 1 aliphatic heterocycles. The van der Waals surface area contributed by atoms with Crippen LogP contribution in [-0.2, 0) is 71.9 Å². The molecule has 0 saturated heterocycles. The van der Waals surface area contributed by atoms with E-state index < -0.39 is 247 Å². The Labute approximate surface area is 824 Å². The van der Waals surface area contributed by atoms with Crippen molar-refractivity contribution in [2.24, 2.45) is 17.2 Å². The number of fused-ring (bicyclic) bond motifs is 2. The van der Waals surface area contributed by atoms with Crippen LogP contribution in [0.2, 0.25) is 0 Å². The number of carboxylic acids is 1. The van der Waals surface area contributed by atoms with Crippen LogP contribution in [0.3, 0.4) is 0 Å². The number of hydrogen-bond acceptors (Lipinski definition) is 34. The number of carboxylic acid groups (broad SMARTS) is 1. The topological polar surface area (TPSA) is 833 Å². The highest BCUT2D eigenvalue weighted by molar-refractivity contribution is 8.00. The number of nitrogens with two attached hydrogens (primary N) is 3. The lowest BCUT2D eigenvalue weighted by Crippen LogP contribution is -2.56. The van der Waals surface area contributed by atoms with Crippen LogP contribution in [0.4, 0.5) is 5.69 Å². The molecule has 52 heteroatoms. The van der Waals surface area contributed by atoms with E-state index >= 15 is 0 Å². The molecule has 18 atom stereocenters. The third kappa shape index (κ3) is 35.8. The summed E-state index contributed by atoms with van der Waals surface area (Å²) in [5.74, 6) is -16.8. The summed E-state index contributed by atoms with van der Waals surface area (Å²) >= 11 is 7.09. The Morgan fingerprint density at radius 3 is 1.23 bits per heavy atom. The van der Waals surface area contributed by atoms with Crippen LogP contribution in [-0.4, -0.2) is 350 Å². The molecule has 2 aromatic carbocycles. The second kappa shape index (κ2) is 56.2. The van der Waals surface area contributed by atoms with Crippen molar-refractivity contribution in [3.63, 3.8) is 0 Å². The third-order valence-electron chi connectivity index (χ3n) is 23.0. The molecule has 0 aromatic heterocycles. The molecule has 34 N–H and O–H groups in total. The Hall–Kier alpha value is -12.7. The molecule has 0 fully saturated rings. The molecule has 6 aliphatic rings. The van der Waals surface area contributed by atoms with Gasteiger partial charge in [0.05, 0.1) is 54.6 Å². The highest BCUT2D eigenvalue weighted by atomic mass is 32.2. The molecule has 5 aliphatic carbocycles. The number of phenols is 1. The van der Waals surface area contributed by atoms with Gasteiger partial charge in [-0.15, -0.1) is 23.5 Å². The van der Waals surface area contributed by atoms with Gasteiger partial charge in [0.2, 0.25) is 88.6 Å². The van der Waals surface area contributed by atoms with Crippen LogP contribution in [0.1, 0.15) is 120 Å². The van der Waals surface area contributed by atoms with Crippen LogP contribution in [0.25, 0.3) is 33.4 Å². The van der Waals surface area contributed by atoms with Gasteiger partial charge in [0, 0.05) is 133 Å². The number of aliphatic hydroxyl groups excluding tert-OH is 12. The number of hydrogen-bond donors (Lipinski definition) is 31. The molecule has 2 aromatic rings. The summed E-state index contributed by atoms with van der Waals surface area (Å²) in [6, 6.07) is 3.42. The lowest BCUT2D eigenvalue weighted by Gasteiger charge is -2.28. The minimum atomic E-state index is -1.72. The molecule has 8 rings (SSSR count). The number of amides is 15. The predicted octanol–water partition coefficient (Wildman–Crippen LogP) is -8.49. The van der Waals surface area contributed by atoms with Crippen molar-refractivity contribution in [2.75, 3.05) is 74.1 Å². The molecule has 49 nitrogen and oxygen atoms in total. The van der Waals surface area contributed by atoms with Gasteiger partial charge in [0.15, 0.2) is 10.5 Å². The van der Waals surface area contributed by atoms with E-state index in [0.29, 0.717) is 28.3 Å². The SMILES string of the molecule is NC(=O)CCNC(=O)[C@H](CCCCNC(=S)Nc1ccc(-c2c3ccc(=O)cc-3oc3cc(O)ccc23)c(C(=O)O)c1)NC(=O)[C@H](CCCCNC(=O)CSC[C@H](NC(=O)[C@H](CCCCNC(=O)C1=C[C@@H](O)[C@@H](O)[C@H](O)C1)NC(=O)C1=C[C@@H](O)[C@@H](O)[C@H](O)C1)C(=O)NCC(N)=O)NC(=O)CSC[C@H](NC(=O)[C@H](CCCCNC(=O)C1=C[C@@H](O)[C@@H](O)[C@H](O)C1)NC(=O)C1=C[C@@H](O)[C@@H](O)[C@H](O)C1)C(=O)NCC(N)=O. The van der Waals surface area contributed by atoms with Crippen molar-refractivity contribution in [2.45, 2.75) is 219 Å². The summed E-state index contributed by atoms with van der Waals surface area (Å²) < 4.78 is 5.94. The van der Waals surface area contributed by atoms with E-state index in [-0.39, 0.29) is 202 Å². The maximum Gasteiger partial charge on any atom is 0.336 e. The second-order valence-corrected chi connectivity index (χ2v) is 36.6. The van der Waals surface area contributed by atoms with E-state index in [2.05, 4.69) is 74.4 Å². The average Bonchev–Trinajstić information content (AvgIpc) is 0.745. The average molecular weight is 2050 g/mol. The van der Waals surface area contributed by atoms with E-state index in [9.17, 15) is 153 Å². The van der Waals surface area contributed by atoms with E-state index in [0.717, 1.165) is 36.1 Å². The number of phenolic OH excluding ortho intramolecular Hbond substituents is 1. The van der Waals surface area contributed by atoms with Gasteiger partial charge in [-0.2, -0.15) is 0 Å². The zero-order valence-electron chi connectivity index (χ0n) is 76.8. The van der Waals surface area contributed by atoms with E-state index in [1.165, 1.54) is 42.5 Å². The molecule has 776 valence electrons. The molecule has 0 spiro atoms. The first-order valence-electron chi connectivity index (χ1n) is 45.5. The largest absolute Gasteiger partial charge is 0.508 e. The highest BCUT2D eigenvalue weighted by Crippen LogP contribution is 2.43. The minimum absolute atomic E-state index is 0.00593. The number of carbonyl (C=O) groups excluding carboxylic acids is 15. The molecule has 0 bridgehead atoms. The van der Waals surface area contributed by atoms with Crippen molar-refractivity contribution < 1.29 is 153 Å². The highest BCUT2D eigenvalue weighted by Gasteiger charge is 2.40. The number of thiocarbonyl (C=S) groups is 1. The molecular weight excluding hydrogens is 1930 g/mol. The molecule has 142 heavy (non-hydrogen) atoms. The first kappa shape index (κ1) is 115. The fourth-order valence-electron chi connectivity index (χ4n) is 15.4. The molecule has 1 heterocycles. The number of unbranched alkanes of at least 4 members (excludes halogenated alkanes) is 4. The summed E-state index contributed by atoms with van der Waals surface area (Å²) in [5.41, 5.74) is 16.4. The van der Waals surface area contributed by atoms with Crippen LogP contribution >= 0.6 is 35.7 Å². The first-order chi connectivity index (χ1) is 67.4. The quantitative estimate of drug-likeness (QED) is 0.0111. The summed E-state index contributed by atoms with van der Waals surface area (Å²) in [4.78, 5) is 228. The Balaban J connectivity index is 0.956. The maximum atomic E-state index is 14.8. The Morgan fingerprint density at radius 1 is 0.401 bits per heavy atom. The van der Waals surface area contributed by atoms with Gasteiger partial charge in [0.1, 0.15) is 102 Å². The summed E-state index contributed by atoms with van der Waals surface area (Å²) in [5, 5.41) is 180. The lowest BCUT2D eigenvalue weighted by molar-refractivity contribution is -0.132. The minimum Gasteiger partial charge on any atom is -0.508 e. The van der Waals surface area contributed by atoms with Crippen LogP contribution in [0, 0.1) is 0 Å². The lowest BCUT2D eigenvalue weighted by atomic mass is 9.90. The molecule has 0 radical (unpaired) electrons. The van der Waals surface area contributed by atoms with Gasteiger partial charge < -0.3 is 168 Å². The Kier molecular flexibility index (Phi) is 45.4. The van der Waals surface area contributed by atoms with Gasteiger partial charge >= 0.3 is 5.97 Å². The summed E-state index contributed by atoms with van der Waals surface area (Å²) in [7, 11) is 0. The standard InChI is InChI=1S/C90H121N17O32S3/c91-69(118)19-24-97-83(131)53(9-4-8-23-98-90(140)101-46-13-16-49(52(33-46)89(137)138)74-50-17-14-47(108)34-67(50)139-68-35-48(109)15-18-51(68)74)105-86(134)54(102-73(122)41-142-39-58(85(133)100-37-71(93)120)107-88(136)56(104-82(130)45-31-65(116)78(126)66(117)32-45)12-3-7-22-96-80(128)43-27-61(112)76(124)62(113)28-43)10-1-5-20-94-72(121)40-141-38-57(84(132)99-36-70(92)119)106-87(135)55(103-81(129)44-29-63(114)77(125)64(115)30-44)11-2-6-21-95-79(127)42-25-59(110)75(123)60(111)26-42/h13-18,25,27,29,31,33-35,53-66,75-78,108,110-117,123-126H,1-12,19-24,26,28,30,32,36-41H2,(H2,91,118)(H2,92,119)(H2,93,120)(H,94,121)(H,95,127)(H,96,128)(H,97,131)(H,99,132)(H,100,133)(H,102,122)(H,103,129)(H,104,130)(H,105,134)(H,106,135)(H,107,136)(H,137,138)(H2,98,101,140)/t53-,54-,55-,56-,57-,58-,59+,60+,61+,62+,63+,64+,65+,66+,75+,76+,77+,78+/m0/s1. The Bertz CT molecular complexity index is 5390. The fourth-order valence-corrected chi connectivity index (χ4v) is 17.3. The number of aliphatic hydroxyl groups is 12. The van der Waals surface area contributed by atoms with Gasteiger partial charge in [-0.3, -0.25) is 76.7 Å². The maximum absolute atomic E-state index is 14.8. The number of rotatable bonds is 54. The normalized spacial score (nSPS) is 21.1. The van der Waals surface area contributed by atoms with Crippen LogP contribution < -0.4 is 97.1 Å². The molecule has 0 unspecified atom stereocenters. The number of carbonyl (C=O) groups is 16. The van der Waals surface area contributed by atoms with Crippen molar-refractivity contribution in [1.82, 2.24) is 69.1 Å². The number of thioether (sulfide) groups is 2. The van der Waals surface area contributed by atoms with Crippen molar-refractivity contribution >= 4 is 152 Å². The Morgan fingerprint density at radius 2 is 0.796 bits per heavy atom. The van der Waals surface area contributed by atoms with Crippen LogP contribution in [0.15, 0.2) is 110 Å². The number of nitrogens with one attached hydrogen (secondary N) is 14. The van der Waals surface area contributed by atoms with E-state index in [1.54, 1.807) is 12.1 Å². The van der Waals surface area contributed by atoms with Gasteiger partial charge in [-0.25, -0.2) is 4.79 Å². The molecular formula is C90H121N17O32S3. The van der Waals surface area contributed by atoms with E-state index in [1.807, 2.05) is 0 Å². The first-order valence-corrected chi connectivity index (χ1v) is 48.2. The fraction of sp³-hybridized carbons (Fsp3) is 0.511. The number of primary amides is 3. The molecule has 15 amide bonds. The van der Waals surface area contributed by atoms with Crippen molar-refractivity contribution in [1.29, 1.82) is 0 Å². The summed E-state index contributed by atoms with van der Waals surface area (Å²) in [6.07, 6.45) is -16.7. The number of benzene rings is 3. The van der Waals surface area contributed by atoms with Gasteiger partial charge in [0.25, 0.3) is 0 Å². The zero-order chi connectivity index (χ0) is 104.